The number of carbonyl (C=O) groups excluding carboxylic acids is 1. The van der Waals surface area contributed by atoms with Crippen molar-refractivity contribution in [1.82, 2.24) is 19.6 Å². The summed E-state index contributed by atoms with van der Waals surface area (Å²) in [6, 6.07) is 20.1. The first-order chi connectivity index (χ1) is 14.1. The highest BCUT2D eigenvalue weighted by atomic mass is 16.5. The minimum Gasteiger partial charge on any atom is -0.481 e. The Labute approximate surface area is 166 Å². The van der Waals surface area contributed by atoms with Gasteiger partial charge < -0.3 is 10.1 Å². The van der Waals surface area contributed by atoms with Crippen LogP contribution in [0, 0.1) is 0 Å². The van der Waals surface area contributed by atoms with Gasteiger partial charge in [-0.3, -0.25) is 14.6 Å². The molecule has 2 aromatic heterocycles. The SMILES string of the molecule is CC(Oc1ccccc1)C(=O)Nc1cc(=O)[nH]c2nc(Cc3ccccc3)nn12. The van der Waals surface area contributed by atoms with Gasteiger partial charge in [-0.2, -0.15) is 9.50 Å². The number of nitrogens with one attached hydrogen (secondary N) is 2. The summed E-state index contributed by atoms with van der Waals surface area (Å²) in [5.74, 6) is 1.19. The largest absolute Gasteiger partial charge is 0.481 e. The Hall–Kier alpha value is -3.94. The Morgan fingerprint density at radius 2 is 1.83 bits per heavy atom. The van der Waals surface area contributed by atoms with Gasteiger partial charge in [0.15, 0.2) is 11.9 Å². The van der Waals surface area contributed by atoms with Crippen LogP contribution in [0.15, 0.2) is 71.5 Å². The van der Waals surface area contributed by atoms with Crippen molar-refractivity contribution in [3.8, 4) is 5.75 Å². The van der Waals surface area contributed by atoms with E-state index in [1.807, 2.05) is 48.5 Å². The molecule has 0 saturated heterocycles. The molecule has 0 aliphatic carbocycles. The Bertz CT molecular complexity index is 1190. The number of para-hydroxylation sites is 1. The second kappa shape index (κ2) is 7.97. The molecule has 8 heteroatoms. The lowest BCUT2D eigenvalue weighted by molar-refractivity contribution is -0.122. The summed E-state index contributed by atoms with van der Waals surface area (Å²) >= 11 is 0. The Balaban J connectivity index is 1.56. The molecule has 0 radical (unpaired) electrons. The predicted octanol–water partition coefficient (Wildman–Crippen LogP) is 2.41. The first-order valence-corrected chi connectivity index (χ1v) is 9.14. The fourth-order valence-electron chi connectivity index (χ4n) is 2.86. The molecule has 0 aliphatic rings. The standard InChI is InChI=1S/C21H19N5O3/c1-14(29-16-10-6-3-7-11-16)20(28)23-18-13-19(27)24-21-22-17(25-26(18)21)12-15-8-4-2-5-9-15/h2-11,13-14H,12H2,1H3,(H,23,28)(H,22,24,25,27). The smallest absolute Gasteiger partial charge is 0.266 e. The average molecular weight is 389 g/mol. The van der Waals surface area contributed by atoms with Crippen molar-refractivity contribution in [2.45, 2.75) is 19.4 Å². The van der Waals surface area contributed by atoms with E-state index < -0.39 is 12.0 Å². The van der Waals surface area contributed by atoms with Crippen LogP contribution in [-0.4, -0.2) is 31.6 Å². The molecule has 4 aromatic rings. The average Bonchev–Trinajstić information content (AvgIpc) is 3.11. The maximum absolute atomic E-state index is 12.6. The number of nitrogens with zero attached hydrogens (tertiary/aromatic N) is 3. The van der Waals surface area contributed by atoms with Crippen LogP contribution in [0.1, 0.15) is 18.3 Å². The summed E-state index contributed by atoms with van der Waals surface area (Å²) < 4.78 is 7.04. The molecule has 146 valence electrons. The lowest BCUT2D eigenvalue weighted by Crippen LogP contribution is -2.31. The lowest BCUT2D eigenvalue weighted by Gasteiger charge is -2.14. The molecule has 1 amide bonds. The van der Waals surface area contributed by atoms with Gasteiger partial charge in [-0.1, -0.05) is 48.5 Å². The van der Waals surface area contributed by atoms with E-state index in [1.165, 1.54) is 10.6 Å². The summed E-state index contributed by atoms with van der Waals surface area (Å²) in [6.45, 7) is 1.63. The van der Waals surface area contributed by atoms with Crippen molar-refractivity contribution < 1.29 is 9.53 Å². The molecule has 0 fully saturated rings. The van der Waals surface area contributed by atoms with Crippen molar-refractivity contribution in [2.24, 2.45) is 0 Å². The van der Waals surface area contributed by atoms with Crippen LogP contribution >= 0.6 is 0 Å². The van der Waals surface area contributed by atoms with Gasteiger partial charge in [0.2, 0.25) is 5.78 Å². The Morgan fingerprint density at radius 1 is 1.14 bits per heavy atom. The Morgan fingerprint density at radius 3 is 2.55 bits per heavy atom. The lowest BCUT2D eigenvalue weighted by atomic mass is 10.1. The second-order valence-corrected chi connectivity index (χ2v) is 6.51. The molecule has 1 unspecified atom stereocenters. The number of H-pyrrole nitrogens is 1. The number of fused-ring (bicyclic) bond motifs is 1. The quantitative estimate of drug-likeness (QED) is 0.527. The molecular weight excluding hydrogens is 370 g/mol. The summed E-state index contributed by atoms with van der Waals surface area (Å²) in [5.41, 5.74) is 0.657. The van der Waals surface area contributed by atoms with Crippen LogP contribution in [0.25, 0.3) is 5.78 Å². The molecule has 4 rings (SSSR count). The van der Waals surface area contributed by atoms with Crippen LogP contribution in [0.4, 0.5) is 5.82 Å². The number of aromatic nitrogens is 4. The number of hydrogen-bond donors (Lipinski definition) is 2. The molecule has 29 heavy (non-hydrogen) atoms. The first kappa shape index (κ1) is 18.4. The number of amides is 1. The van der Waals surface area contributed by atoms with E-state index in [9.17, 15) is 9.59 Å². The van der Waals surface area contributed by atoms with Gasteiger partial charge in [0.25, 0.3) is 11.5 Å². The van der Waals surface area contributed by atoms with Crippen molar-refractivity contribution in [3.05, 3.63) is 88.5 Å². The molecule has 0 spiro atoms. The zero-order valence-electron chi connectivity index (χ0n) is 15.7. The second-order valence-electron chi connectivity index (χ2n) is 6.51. The molecule has 1 atom stereocenters. The number of hydrogen-bond acceptors (Lipinski definition) is 5. The van der Waals surface area contributed by atoms with Crippen LogP contribution < -0.4 is 15.6 Å². The first-order valence-electron chi connectivity index (χ1n) is 9.14. The summed E-state index contributed by atoms with van der Waals surface area (Å²) in [7, 11) is 0. The summed E-state index contributed by atoms with van der Waals surface area (Å²) in [6.07, 6.45) is -0.259. The Kier molecular flexibility index (Phi) is 5.07. The number of rotatable bonds is 6. The predicted molar refractivity (Wildman–Crippen MR) is 108 cm³/mol. The minimum atomic E-state index is -0.765. The van der Waals surface area contributed by atoms with Crippen molar-refractivity contribution in [3.63, 3.8) is 0 Å². The number of anilines is 1. The molecule has 0 aliphatic heterocycles. The van der Waals surface area contributed by atoms with E-state index >= 15 is 0 Å². The van der Waals surface area contributed by atoms with Gasteiger partial charge in [0, 0.05) is 12.5 Å². The highest BCUT2D eigenvalue weighted by Gasteiger charge is 2.18. The van der Waals surface area contributed by atoms with Gasteiger partial charge in [-0.05, 0) is 24.6 Å². The van der Waals surface area contributed by atoms with E-state index in [2.05, 4.69) is 20.4 Å². The normalized spacial score (nSPS) is 11.9. The zero-order chi connectivity index (χ0) is 20.2. The minimum absolute atomic E-state index is 0.226. The number of carbonyl (C=O) groups is 1. The third-order valence-corrected chi connectivity index (χ3v) is 4.26. The maximum Gasteiger partial charge on any atom is 0.266 e. The van der Waals surface area contributed by atoms with Gasteiger partial charge in [0.1, 0.15) is 11.6 Å². The summed E-state index contributed by atoms with van der Waals surface area (Å²) in [4.78, 5) is 31.5. The molecule has 2 aromatic carbocycles. The van der Waals surface area contributed by atoms with Crippen LogP contribution in [0.3, 0.4) is 0 Å². The van der Waals surface area contributed by atoms with Crippen LogP contribution in [0.2, 0.25) is 0 Å². The molecule has 8 nitrogen and oxygen atoms in total. The highest BCUT2D eigenvalue weighted by Crippen LogP contribution is 2.13. The van der Waals surface area contributed by atoms with Crippen LogP contribution in [-0.2, 0) is 11.2 Å². The van der Waals surface area contributed by atoms with E-state index in [1.54, 1.807) is 19.1 Å². The van der Waals surface area contributed by atoms with Crippen molar-refractivity contribution in [1.29, 1.82) is 0 Å². The maximum atomic E-state index is 12.6. The van der Waals surface area contributed by atoms with Gasteiger partial charge in [-0.15, -0.1) is 5.10 Å². The monoisotopic (exact) mass is 389 g/mol. The molecular formula is C21H19N5O3. The van der Waals surface area contributed by atoms with Gasteiger partial charge in [0.05, 0.1) is 0 Å². The van der Waals surface area contributed by atoms with E-state index in [0.29, 0.717) is 18.0 Å². The fourth-order valence-corrected chi connectivity index (χ4v) is 2.86. The number of ether oxygens (including phenoxy) is 1. The molecule has 0 saturated carbocycles. The van der Waals surface area contributed by atoms with E-state index in [-0.39, 0.29) is 17.2 Å². The van der Waals surface area contributed by atoms with Gasteiger partial charge in [-0.25, -0.2) is 0 Å². The van der Waals surface area contributed by atoms with E-state index in [0.717, 1.165) is 5.56 Å². The third kappa shape index (κ3) is 4.32. The van der Waals surface area contributed by atoms with E-state index in [4.69, 9.17) is 4.74 Å². The number of aromatic amines is 1. The number of benzene rings is 2. The van der Waals surface area contributed by atoms with Crippen LogP contribution in [0.5, 0.6) is 5.75 Å². The topological polar surface area (TPSA) is 101 Å². The van der Waals surface area contributed by atoms with Crippen molar-refractivity contribution >= 4 is 17.5 Å². The molecule has 0 bridgehead atoms. The fraction of sp³-hybridized carbons (Fsp3) is 0.143. The van der Waals surface area contributed by atoms with Gasteiger partial charge >= 0.3 is 0 Å². The highest BCUT2D eigenvalue weighted by molar-refractivity contribution is 5.93. The van der Waals surface area contributed by atoms with Crippen molar-refractivity contribution in [2.75, 3.05) is 5.32 Å². The third-order valence-electron chi connectivity index (χ3n) is 4.26. The molecule has 2 heterocycles. The zero-order valence-corrected chi connectivity index (χ0v) is 15.7. The summed E-state index contributed by atoms with van der Waals surface area (Å²) in [5, 5.41) is 7.12. The molecule has 2 N–H and O–H groups in total.